The Morgan fingerprint density at radius 2 is 1.79 bits per heavy atom. The lowest BCUT2D eigenvalue weighted by atomic mass is 9.99. The van der Waals surface area contributed by atoms with Crippen molar-refractivity contribution < 1.29 is 13.6 Å². The van der Waals surface area contributed by atoms with Crippen LogP contribution in [0.1, 0.15) is 28.4 Å². The Hall–Kier alpha value is -3.13. The van der Waals surface area contributed by atoms with Gasteiger partial charge >= 0.3 is 0 Å². The summed E-state index contributed by atoms with van der Waals surface area (Å²) in [5.41, 5.74) is 2.02. The third-order valence-corrected chi connectivity index (χ3v) is 5.10. The first-order valence-electron chi connectivity index (χ1n) is 8.94. The smallest absolute Gasteiger partial charge is 0.251 e. The molecule has 4 rings (SSSR count). The van der Waals surface area contributed by atoms with Gasteiger partial charge in [0.2, 0.25) is 0 Å². The van der Waals surface area contributed by atoms with Crippen molar-refractivity contribution in [2.75, 3.05) is 13.6 Å². The van der Waals surface area contributed by atoms with Crippen molar-refractivity contribution in [2.45, 2.75) is 18.5 Å². The van der Waals surface area contributed by atoms with Crippen molar-refractivity contribution >= 4 is 5.91 Å². The summed E-state index contributed by atoms with van der Waals surface area (Å²) in [6.45, 7) is 0.751. The number of likely N-dealkylation sites (tertiary alicyclic amines) is 1. The second-order valence-corrected chi connectivity index (χ2v) is 6.88. The molecule has 2 heterocycles. The quantitative estimate of drug-likeness (QED) is 0.753. The van der Waals surface area contributed by atoms with Gasteiger partial charge in [-0.15, -0.1) is 10.2 Å². The zero-order valence-electron chi connectivity index (χ0n) is 15.2. The molecule has 0 radical (unpaired) electrons. The van der Waals surface area contributed by atoms with E-state index in [4.69, 9.17) is 0 Å². The normalized spacial score (nSPS) is 19.7. The molecule has 3 aromatic rings. The second kappa shape index (κ2) is 7.47. The van der Waals surface area contributed by atoms with Gasteiger partial charge in [-0.1, -0.05) is 6.07 Å². The van der Waals surface area contributed by atoms with Crippen molar-refractivity contribution in [2.24, 2.45) is 0 Å². The van der Waals surface area contributed by atoms with E-state index in [1.807, 2.05) is 24.1 Å². The fourth-order valence-corrected chi connectivity index (χ4v) is 3.65. The fourth-order valence-electron chi connectivity index (χ4n) is 3.65. The lowest BCUT2D eigenvalue weighted by molar-refractivity contribution is 0.0927. The third kappa shape index (κ3) is 3.50. The summed E-state index contributed by atoms with van der Waals surface area (Å²) in [6.07, 6.45) is 3.89. The number of carbonyl (C=O) groups excluding carboxylic acids is 1. The van der Waals surface area contributed by atoms with Crippen molar-refractivity contribution in [3.8, 4) is 5.69 Å². The zero-order valence-corrected chi connectivity index (χ0v) is 15.2. The lowest BCUT2D eigenvalue weighted by Gasteiger charge is -2.26. The molecule has 2 aromatic carbocycles. The third-order valence-electron chi connectivity index (χ3n) is 5.10. The van der Waals surface area contributed by atoms with E-state index in [0.29, 0.717) is 11.1 Å². The molecule has 144 valence electrons. The molecule has 2 unspecified atom stereocenters. The van der Waals surface area contributed by atoms with E-state index in [2.05, 4.69) is 15.5 Å². The van der Waals surface area contributed by atoms with Gasteiger partial charge in [0.25, 0.3) is 5.91 Å². The summed E-state index contributed by atoms with van der Waals surface area (Å²) in [7, 11) is 1.91. The van der Waals surface area contributed by atoms with Crippen LogP contribution >= 0.6 is 0 Å². The average Bonchev–Trinajstić information content (AvgIpc) is 3.35. The Morgan fingerprint density at radius 3 is 2.46 bits per heavy atom. The van der Waals surface area contributed by atoms with Gasteiger partial charge in [-0.2, -0.15) is 0 Å². The number of hydrogen-bond acceptors (Lipinski definition) is 4. The number of nitrogens with zero attached hydrogens (tertiary/aromatic N) is 4. The molecule has 0 saturated carbocycles. The molecule has 2 atom stereocenters. The highest BCUT2D eigenvalue weighted by molar-refractivity contribution is 5.94. The van der Waals surface area contributed by atoms with Gasteiger partial charge in [0.15, 0.2) is 11.6 Å². The maximum absolute atomic E-state index is 13.7. The maximum Gasteiger partial charge on any atom is 0.251 e. The molecule has 1 saturated heterocycles. The summed E-state index contributed by atoms with van der Waals surface area (Å²) in [5.74, 6) is -1.96. The minimum absolute atomic E-state index is 0.195. The predicted octanol–water partition coefficient (Wildman–Crippen LogP) is 2.72. The fraction of sp³-hybridized carbons (Fsp3) is 0.250. The second-order valence-electron chi connectivity index (χ2n) is 6.88. The molecule has 0 bridgehead atoms. The first-order chi connectivity index (χ1) is 13.5. The van der Waals surface area contributed by atoms with Gasteiger partial charge in [0.1, 0.15) is 12.7 Å². The Labute approximate surface area is 160 Å². The Bertz CT molecular complexity index is 975. The Morgan fingerprint density at radius 1 is 1.07 bits per heavy atom. The Balaban J connectivity index is 1.50. The van der Waals surface area contributed by atoms with Crippen LogP contribution in [0.3, 0.4) is 0 Å². The number of nitrogens with one attached hydrogen (secondary N) is 1. The molecule has 1 aromatic heterocycles. The highest BCUT2D eigenvalue weighted by Crippen LogP contribution is 2.32. The minimum Gasteiger partial charge on any atom is -0.347 e. The van der Waals surface area contributed by atoms with Crippen LogP contribution in [0.4, 0.5) is 8.78 Å². The minimum atomic E-state index is -0.882. The largest absolute Gasteiger partial charge is 0.347 e. The number of carbonyl (C=O) groups is 1. The molecule has 1 fully saturated rings. The number of halogens is 2. The van der Waals surface area contributed by atoms with Crippen molar-refractivity contribution in [3.05, 3.63) is 77.9 Å². The van der Waals surface area contributed by atoms with E-state index >= 15 is 0 Å². The molecule has 1 amide bonds. The number of benzene rings is 2. The van der Waals surface area contributed by atoms with E-state index in [9.17, 15) is 13.6 Å². The van der Waals surface area contributed by atoms with E-state index in [1.54, 1.807) is 35.4 Å². The number of aromatic nitrogens is 3. The van der Waals surface area contributed by atoms with E-state index in [0.717, 1.165) is 24.7 Å². The van der Waals surface area contributed by atoms with E-state index in [1.165, 1.54) is 6.07 Å². The van der Waals surface area contributed by atoms with Gasteiger partial charge in [0.05, 0.1) is 12.1 Å². The summed E-state index contributed by atoms with van der Waals surface area (Å²) < 4.78 is 28.7. The van der Waals surface area contributed by atoms with Gasteiger partial charge < -0.3 is 5.32 Å². The molecule has 6 nitrogen and oxygen atoms in total. The summed E-state index contributed by atoms with van der Waals surface area (Å²) in [5, 5.41) is 10.6. The molecule has 1 aliphatic heterocycles. The average molecular weight is 383 g/mol. The molecule has 0 aliphatic carbocycles. The van der Waals surface area contributed by atoms with Crippen LogP contribution in [0.5, 0.6) is 0 Å². The van der Waals surface area contributed by atoms with Crippen LogP contribution in [-0.2, 0) is 0 Å². The van der Waals surface area contributed by atoms with Crippen LogP contribution in [-0.4, -0.2) is 45.2 Å². The van der Waals surface area contributed by atoms with Gasteiger partial charge in [-0.3, -0.25) is 14.3 Å². The Kier molecular flexibility index (Phi) is 4.87. The number of rotatable bonds is 4. The van der Waals surface area contributed by atoms with Crippen molar-refractivity contribution in [1.82, 2.24) is 25.0 Å². The maximum atomic E-state index is 13.7. The molecule has 8 heteroatoms. The van der Waals surface area contributed by atoms with Crippen molar-refractivity contribution in [1.29, 1.82) is 0 Å². The first-order valence-corrected chi connectivity index (χ1v) is 8.94. The SMILES string of the molecule is CN1CCC(NC(=O)c2ccc(-n3cnnc3)cc2)C1c1ccc(F)c(F)c1. The summed E-state index contributed by atoms with van der Waals surface area (Å²) in [4.78, 5) is 14.7. The van der Waals surface area contributed by atoms with Gasteiger partial charge in [0, 0.05) is 17.8 Å². The van der Waals surface area contributed by atoms with Crippen LogP contribution in [0.2, 0.25) is 0 Å². The molecule has 0 spiro atoms. The summed E-state index contributed by atoms with van der Waals surface area (Å²) in [6, 6.07) is 10.6. The number of hydrogen-bond donors (Lipinski definition) is 1. The number of likely N-dealkylation sites (N-methyl/N-ethyl adjacent to an activating group) is 1. The first kappa shape index (κ1) is 18.2. The van der Waals surface area contributed by atoms with Crippen molar-refractivity contribution in [3.63, 3.8) is 0 Å². The topological polar surface area (TPSA) is 63.1 Å². The van der Waals surface area contributed by atoms with Crippen LogP contribution in [0.25, 0.3) is 5.69 Å². The highest BCUT2D eigenvalue weighted by Gasteiger charge is 2.34. The number of amides is 1. The van der Waals surface area contributed by atoms with Gasteiger partial charge in [-0.25, -0.2) is 8.78 Å². The summed E-state index contributed by atoms with van der Waals surface area (Å²) >= 11 is 0. The molecule has 1 aliphatic rings. The highest BCUT2D eigenvalue weighted by atomic mass is 19.2. The molecular formula is C20H19F2N5O. The molecule has 1 N–H and O–H groups in total. The monoisotopic (exact) mass is 383 g/mol. The van der Waals surface area contributed by atoms with Crippen LogP contribution in [0, 0.1) is 11.6 Å². The molecule has 28 heavy (non-hydrogen) atoms. The standard InChI is InChI=1S/C20H19F2N5O/c1-26-9-8-18(19(26)14-4-7-16(21)17(22)10-14)25-20(28)13-2-5-15(6-3-13)27-11-23-24-12-27/h2-7,10-12,18-19H,8-9H2,1H3,(H,25,28). The van der Waals surface area contributed by atoms with Gasteiger partial charge in [-0.05, 0) is 55.4 Å². The van der Waals surface area contributed by atoms with Crippen LogP contribution in [0.15, 0.2) is 55.1 Å². The van der Waals surface area contributed by atoms with Crippen LogP contribution < -0.4 is 5.32 Å². The lowest BCUT2D eigenvalue weighted by Crippen LogP contribution is -2.39. The van der Waals surface area contributed by atoms with E-state index in [-0.39, 0.29) is 18.0 Å². The predicted molar refractivity (Wildman–Crippen MR) is 99.0 cm³/mol. The van der Waals surface area contributed by atoms with E-state index < -0.39 is 11.6 Å². The zero-order chi connectivity index (χ0) is 19.7. The molecular weight excluding hydrogens is 364 g/mol.